The maximum absolute atomic E-state index is 13.8. The molecule has 1 aliphatic carbocycles. The fourth-order valence-electron chi connectivity index (χ4n) is 5.20. The lowest BCUT2D eigenvalue weighted by Crippen LogP contribution is -2.60. The van der Waals surface area contributed by atoms with Crippen molar-refractivity contribution >= 4 is 5.91 Å². The third kappa shape index (κ3) is 7.84. The monoisotopic (exact) mass is 575 g/mol. The molecule has 0 spiro atoms. The van der Waals surface area contributed by atoms with Crippen molar-refractivity contribution in [1.82, 2.24) is 10.2 Å². The minimum atomic E-state index is -4.50. The van der Waals surface area contributed by atoms with E-state index in [-0.39, 0.29) is 32.0 Å². The van der Waals surface area contributed by atoms with Crippen molar-refractivity contribution in [3.63, 3.8) is 0 Å². The SMILES string of the molecule is CN(C)CCNC(=O)[C@@]1(OCc2cccc(C(F)(F)F)c2)CC(OCc2ccc(C#N)cc2)[C@@H]2OC(C)(C)O[C@@H]2C1. The smallest absolute Gasteiger partial charge is 0.371 e. The Morgan fingerprint density at radius 2 is 1.83 bits per heavy atom. The highest BCUT2D eigenvalue weighted by atomic mass is 19.4. The van der Waals surface area contributed by atoms with Crippen molar-refractivity contribution in [2.75, 3.05) is 27.2 Å². The Bertz CT molecular complexity index is 1250. The van der Waals surface area contributed by atoms with E-state index >= 15 is 0 Å². The van der Waals surface area contributed by atoms with Gasteiger partial charge in [0.15, 0.2) is 11.4 Å². The molecule has 1 amide bonds. The van der Waals surface area contributed by atoms with Gasteiger partial charge in [-0.25, -0.2) is 0 Å². The number of hydrogen-bond acceptors (Lipinski definition) is 7. The Morgan fingerprint density at radius 1 is 1.10 bits per heavy atom. The molecule has 2 fully saturated rings. The predicted octanol–water partition coefficient (Wildman–Crippen LogP) is 4.41. The van der Waals surface area contributed by atoms with E-state index in [0.717, 1.165) is 17.7 Å². The third-order valence-corrected chi connectivity index (χ3v) is 7.22. The predicted molar refractivity (Wildman–Crippen MR) is 143 cm³/mol. The lowest BCUT2D eigenvalue weighted by molar-refractivity contribution is -0.183. The highest BCUT2D eigenvalue weighted by Crippen LogP contribution is 2.44. The van der Waals surface area contributed by atoms with E-state index in [9.17, 15) is 18.0 Å². The number of hydrogen-bond donors (Lipinski definition) is 1. The Morgan fingerprint density at radius 3 is 2.49 bits per heavy atom. The number of alkyl halides is 3. The molecule has 11 heteroatoms. The summed E-state index contributed by atoms with van der Waals surface area (Å²) in [5, 5.41) is 12.0. The van der Waals surface area contributed by atoms with Crippen molar-refractivity contribution in [2.24, 2.45) is 0 Å². The summed E-state index contributed by atoms with van der Waals surface area (Å²) in [5.41, 5.74) is -0.584. The molecule has 4 rings (SSSR count). The van der Waals surface area contributed by atoms with Crippen LogP contribution in [0.4, 0.5) is 13.2 Å². The van der Waals surface area contributed by atoms with Crippen LogP contribution in [0.2, 0.25) is 0 Å². The van der Waals surface area contributed by atoms with Gasteiger partial charge in [0, 0.05) is 25.9 Å². The zero-order valence-electron chi connectivity index (χ0n) is 23.7. The highest BCUT2D eigenvalue weighted by molar-refractivity contribution is 5.85. The summed E-state index contributed by atoms with van der Waals surface area (Å²) < 4.78 is 65.0. The average molecular weight is 576 g/mol. The Hall–Kier alpha value is -3.01. The van der Waals surface area contributed by atoms with Crippen molar-refractivity contribution < 1.29 is 36.9 Å². The van der Waals surface area contributed by atoms with Crippen LogP contribution in [0.15, 0.2) is 48.5 Å². The molecule has 1 unspecified atom stereocenters. The first-order valence-electron chi connectivity index (χ1n) is 13.5. The molecule has 2 aliphatic rings. The van der Waals surface area contributed by atoms with Crippen molar-refractivity contribution in [2.45, 2.75) is 75.8 Å². The lowest BCUT2D eigenvalue weighted by atomic mass is 9.78. The van der Waals surface area contributed by atoms with Gasteiger partial charge in [0.2, 0.25) is 0 Å². The van der Waals surface area contributed by atoms with E-state index in [4.69, 9.17) is 24.2 Å². The molecule has 0 aromatic heterocycles. The van der Waals surface area contributed by atoms with Gasteiger partial charge in [-0.1, -0.05) is 24.3 Å². The second-order valence-corrected chi connectivity index (χ2v) is 11.2. The third-order valence-electron chi connectivity index (χ3n) is 7.22. The van der Waals surface area contributed by atoms with Gasteiger partial charge in [-0.05, 0) is 63.3 Å². The zero-order chi connectivity index (χ0) is 29.8. The first kappa shape index (κ1) is 30.9. The number of nitrogens with zero attached hydrogens (tertiary/aromatic N) is 2. The van der Waals surface area contributed by atoms with Gasteiger partial charge in [-0.15, -0.1) is 0 Å². The molecule has 1 saturated carbocycles. The van der Waals surface area contributed by atoms with Gasteiger partial charge in [0.1, 0.15) is 6.10 Å². The van der Waals surface area contributed by atoms with Gasteiger partial charge in [-0.3, -0.25) is 4.79 Å². The number of halogens is 3. The summed E-state index contributed by atoms with van der Waals surface area (Å²) >= 11 is 0. The number of benzene rings is 2. The molecule has 222 valence electrons. The molecule has 1 heterocycles. The van der Waals surface area contributed by atoms with E-state index in [1.807, 2.05) is 19.0 Å². The van der Waals surface area contributed by atoms with Gasteiger partial charge in [0.25, 0.3) is 5.91 Å². The summed E-state index contributed by atoms with van der Waals surface area (Å²) in [6, 6.07) is 13.9. The second kappa shape index (κ2) is 12.5. The van der Waals surface area contributed by atoms with E-state index in [2.05, 4.69) is 11.4 Å². The largest absolute Gasteiger partial charge is 0.416 e. The first-order chi connectivity index (χ1) is 19.3. The Kier molecular flexibility index (Phi) is 9.41. The molecule has 1 N–H and O–H groups in total. The first-order valence-corrected chi connectivity index (χ1v) is 13.5. The minimum Gasteiger partial charge on any atom is -0.371 e. The van der Waals surface area contributed by atoms with Crippen molar-refractivity contribution in [1.29, 1.82) is 5.26 Å². The number of fused-ring (bicyclic) bond motifs is 1. The highest BCUT2D eigenvalue weighted by Gasteiger charge is 2.58. The van der Waals surface area contributed by atoms with Crippen LogP contribution in [0.1, 0.15) is 48.9 Å². The number of carbonyl (C=O) groups is 1. The van der Waals surface area contributed by atoms with Crippen LogP contribution in [-0.2, 0) is 43.1 Å². The maximum atomic E-state index is 13.8. The number of rotatable bonds is 10. The number of ether oxygens (including phenoxy) is 4. The number of likely N-dealkylation sites (N-methyl/N-ethyl adjacent to an activating group) is 1. The number of carbonyl (C=O) groups excluding carboxylic acids is 1. The van der Waals surface area contributed by atoms with Crippen LogP contribution >= 0.6 is 0 Å². The van der Waals surface area contributed by atoms with Crippen LogP contribution in [0.3, 0.4) is 0 Å². The number of nitriles is 1. The maximum Gasteiger partial charge on any atom is 0.416 e. The summed E-state index contributed by atoms with van der Waals surface area (Å²) in [6.45, 7) is 4.49. The summed E-state index contributed by atoms with van der Waals surface area (Å²) in [7, 11) is 3.77. The minimum absolute atomic E-state index is 0.108. The topological polar surface area (TPSA) is 93.1 Å². The lowest BCUT2D eigenvalue weighted by Gasteiger charge is -2.43. The van der Waals surface area contributed by atoms with Crippen molar-refractivity contribution in [3.05, 3.63) is 70.8 Å². The Labute approximate surface area is 238 Å². The standard InChI is InChI=1S/C30H36F3N3O5/c1-28(2)40-25-16-29(27(37)35-12-13-36(3)4,39-19-22-6-5-7-23(14-22)30(31,32)33)15-24(26(25)41-28)38-18-21-10-8-20(17-34)9-11-21/h5-11,14,24-26H,12-13,15-16,18-19H2,1-4H3,(H,35,37)/t24?,25-,26+,29-/m1/s1. The molecular weight excluding hydrogens is 539 g/mol. The molecule has 1 saturated heterocycles. The van der Waals surface area contributed by atoms with Gasteiger partial charge >= 0.3 is 6.18 Å². The summed E-state index contributed by atoms with van der Waals surface area (Å²) in [5.74, 6) is -1.31. The second-order valence-electron chi connectivity index (χ2n) is 11.2. The average Bonchev–Trinajstić information content (AvgIpc) is 3.24. The van der Waals surface area contributed by atoms with E-state index in [1.165, 1.54) is 12.1 Å². The number of nitrogens with one attached hydrogen (secondary N) is 1. The van der Waals surface area contributed by atoms with E-state index < -0.39 is 41.4 Å². The molecule has 0 radical (unpaired) electrons. The molecule has 4 atom stereocenters. The summed E-state index contributed by atoms with van der Waals surface area (Å²) in [6.07, 6.45) is -5.90. The quantitative estimate of drug-likeness (QED) is 0.449. The van der Waals surface area contributed by atoms with Crippen LogP contribution in [0.25, 0.3) is 0 Å². The Balaban J connectivity index is 1.60. The molecule has 2 aromatic carbocycles. The van der Waals surface area contributed by atoms with Crippen molar-refractivity contribution in [3.8, 4) is 6.07 Å². The van der Waals surface area contributed by atoms with Crippen LogP contribution in [0, 0.1) is 11.3 Å². The van der Waals surface area contributed by atoms with Crippen LogP contribution in [0.5, 0.6) is 0 Å². The molecule has 0 bridgehead atoms. The van der Waals surface area contributed by atoms with Gasteiger partial charge < -0.3 is 29.2 Å². The van der Waals surface area contributed by atoms with Crippen LogP contribution < -0.4 is 5.32 Å². The molecule has 1 aliphatic heterocycles. The van der Waals surface area contributed by atoms with Gasteiger partial charge in [-0.2, -0.15) is 18.4 Å². The van der Waals surface area contributed by atoms with E-state index in [0.29, 0.717) is 24.2 Å². The fraction of sp³-hybridized carbons (Fsp3) is 0.533. The zero-order valence-corrected chi connectivity index (χ0v) is 23.7. The number of amides is 1. The summed E-state index contributed by atoms with van der Waals surface area (Å²) in [4.78, 5) is 15.7. The van der Waals surface area contributed by atoms with Gasteiger partial charge in [0.05, 0.1) is 42.6 Å². The molecular formula is C30H36F3N3O5. The van der Waals surface area contributed by atoms with E-state index in [1.54, 1.807) is 38.1 Å². The normalized spacial score (nSPS) is 25.5. The molecule has 41 heavy (non-hydrogen) atoms. The molecule has 2 aromatic rings. The molecule has 8 nitrogen and oxygen atoms in total. The fourth-order valence-corrected chi connectivity index (χ4v) is 5.20. The van der Waals surface area contributed by atoms with Crippen LogP contribution in [-0.4, -0.2) is 67.7 Å².